The molecular formula is C18H25F3N2O2. The molecule has 0 aromatic heterocycles. The van der Waals surface area contributed by atoms with Crippen LogP contribution in [0, 0.1) is 0 Å². The van der Waals surface area contributed by atoms with Gasteiger partial charge in [0.15, 0.2) is 0 Å². The lowest BCUT2D eigenvalue weighted by atomic mass is 10.0. The number of nitrogens with one attached hydrogen (secondary N) is 1. The van der Waals surface area contributed by atoms with Crippen LogP contribution in [0.3, 0.4) is 0 Å². The standard InChI is InChI=1S/C18H25F3N2O2/c1-17(2,3)25-16(24)23(15-7-9-22-10-8-15)12-13-5-4-6-14(11-13)18(19,20)21/h4-6,11,15,22H,7-10,12H2,1-3H3. The summed E-state index contributed by atoms with van der Waals surface area (Å²) >= 11 is 0. The summed E-state index contributed by atoms with van der Waals surface area (Å²) in [6.07, 6.45) is -3.39. The largest absolute Gasteiger partial charge is 0.444 e. The fourth-order valence-corrected chi connectivity index (χ4v) is 2.82. The molecule has 0 atom stereocenters. The van der Waals surface area contributed by atoms with Gasteiger partial charge in [-0.25, -0.2) is 4.79 Å². The summed E-state index contributed by atoms with van der Waals surface area (Å²) in [5, 5.41) is 3.22. The molecule has 1 aliphatic rings. The molecule has 1 aromatic carbocycles. The number of nitrogens with zero attached hydrogens (tertiary/aromatic N) is 1. The Labute approximate surface area is 146 Å². The molecule has 1 saturated heterocycles. The van der Waals surface area contributed by atoms with Crippen LogP contribution in [0.4, 0.5) is 18.0 Å². The third-order valence-corrected chi connectivity index (χ3v) is 3.98. The second kappa shape index (κ2) is 7.64. The molecule has 2 rings (SSSR count). The number of carbonyl (C=O) groups is 1. The van der Waals surface area contributed by atoms with Crippen molar-refractivity contribution >= 4 is 6.09 Å². The molecule has 0 saturated carbocycles. The molecule has 0 unspecified atom stereocenters. The summed E-state index contributed by atoms with van der Waals surface area (Å²) in [6, 6.07) is 5.05. The molecule has 0 aliphatic carbocycles. The zero-order chi connectivity index (χ0) is 18.7. The molecule has 1 aliphatic heterocycles. The first-order valence-corrected chi connectivity index (χ1v) is 8.43. The van der Waals surface area contributed by atoms with Gasteiger partial charge < -0.3 is 15.0 Å². The first kappa shape index (κ1) is 19.6. The molecule has 7 heteroatoms. The quantitative estimate of drug-likeness (QED) is 0.881. The smallest absolute Gasteiger partial charge is 0.416 e. The van der Waals surface area contributed by atoms with Crippen molar-refractivity contribution in [1.29, 1.82) is 0 Å². The van der Waals surface area contributed by atoms with Crippen molar-refractivity contribution in [3.63, 3.8) is 0 Å². The Bertz CT molecular complexity index is 591. The van der Waals surface area contributed by atoms with Gasteiger partial charge in [0.1, 0.15) is 5.60 Å². The molecule has 0 bridgehead atoms. The van der Waals surface area contributed by atoms with E-state index < -0.39 is 23.4 Å². The number of amides is 1. The van der Waals surface area contributed by atoms with E-state index in [4.69, 9.17) is 4.74 Å². The van der Waals surface area contributed by atoms with Gasteiger partial charge in [-0.1, -0.05) is 12.1 Å². The fourth-order valence-electron chi connectivity index (χ4n) is 2.82. The van der Waals surface area contributed by atoms with Crippen LogP contribution in [0.2, 0.25) is 0 Å². The summed E-state index contributed by atoms with van der Waals surface area (Å²) in [7, 11) is 0. The maximum absolute atomic E-state index is 12.9. The monoisotopic (exact) mass is 358 g/mol. The van der Waals surface area contributed by atoms with Gasteiger partial charge in [-0.15, -0.1) is 0 Å². The summed E-state index contributed by atoms with van der Waals surface area (Å²) in [5.74, 6) is 0. The summed E-state index contributed by atoms with van der Waals surface area (Å²) in [5.41, 5.74) is -0.922. The van der Waals surface area contributed by atoms with Crippen LogP contribution in [-0.2, 0) is 17.5 Å². The predicted molar refractivity (Wildman–Crippen MR) is 89.1 cm³/mol. The fraction of sp³-hybridized carbons (Fsp3) is 0.611. The van der Waals surface area contributed by atoms with Crippen molar-refractivity contribution in [2.75, 3.05) is 13.1 Å². The van der Waals surface area contributed by atoms with E-state index >= 15 is 0 Å². The van der Waals surface area contributed by atoms with Crippen molar-refractivity contribution in [2.45, 2.75) is 58.0 Å². The topological polar surface area (TPSA) is 41.6 Å². The van der Waals surface area contributed by atoms with Crippen molar-refractivity contribution in [3.05, 3.63) is 35.4 Å². The second-order valence-electron chi connectivity index (χ2n) is 7.29. The van der Waals surface area contributed by atoms with Gasteiger partial charge >= 0.3 is 12.3 Å². The van der Waals surface area contributed by atoms with Gasteiger partial charge in [0.25, 0.3) is 0 Å². The average Bonchev–Trinajstić information content (AvgIpc) is 2.51. The van der Waals surface area contributed by atoms with Crippen LogP contribution in [-0.4, -0.2) is 35.7 Å². The van der Waals surface area contributed by atoms with E-state index in [1.807, 2.05) is 0 Å². The van der Waals surface area contributed by atoms with Crippen molar-refractivity contribution < 1.29 is 22.7 Å². The van der Waals surface area contributed by atoms with Gasteiger partial charge in [0, 0.05) is 12.6 Å². The van der Waals surface area contributed by atoms with Crippen LogP contribution >= 0.6 is 0 Å². The Morgan fingerprint density at radius 3 is 2.44 bits per heavy atom. The lowest BCUT2D eigenvalue weighted by Crippen LogP contribution is -2.47. The first-order chi connectivity index (χ1) is 11.6. The van der Waals surface area contributed by atoms with Gasteiger partial charge in [-0.05, 0) is 64.4 Å². The Balaban J connectivity index is 2.22. The molecule has 140 valence electrons. The van der Waals surface area contributed by atoms with Gasteiger partial charge in [-0.2, -0.15) is 13.2 Å². The minimum Gasteiger partial charge on any atom is -0.444 e. The minimum atomic E-state index is -4.40. The van der Waals surface area contributed by atoms with E-state index in [0.717, 1.165) is 38.1 Å². The Morgan fingerprint density at radius 1 is 1.24 bits per heavy atom. The maximum atomic E-state index is 12.9. The second-order valence-corrected chi connectivity index (χ2v) is 7.29. The van der Waals surface area contributed by atoms with Crippen LogP contribution in [0.1, 0.15) is 44.7 Å². The number of benzene rings is 1. The SMILES string of the molecule is CC(C)(C)OC(=O)N(Cc1cccc(C(F)(F)F)c1)C1CCNCC1. The molecule has 1 heterocycles. The summed E-state index contributed by atoms with van der Waals surface area (Å²) in [4.78, 5) is 14.2. The van der Waals surface area contributed by atoms with Crippen LogP contribution < -0.4 is 5.32 Å². The Morgan fingerprint density at radius 2 is 1.88 bits per heavy atom. The molecule has 1 aromatic rings. The van der Waals surface area contributed by atoms with E-state index in [0.29, 0.717) is 5.56 Å². The van der Waals surface area contributed by atoms with Gasteiger partial charge in [-0.3, -0.25) is 0 Å². The number of carbonyl (C=O) groups excluding carboxylic acids is 1. The van der Waals surface area contributed by atoms with Crippen LogP contribution in [0.15, 0.2) is 24.3 Å². The third kappa shape index (κ3) is 5.92. The van der Waals surface area contributed by atoms with Crippen molar-refractivity contribution in [1.82, 2.24) is 10.2 Å². The lowest BCUT2D eigenvalue weighted by molar-refractivity contribution is -0.137. The predicted octanol–water partition coefficient (Wildman–Crippen LogP) is 4.19. The third-order valence-electron chi connectivity index (χ3n) is 3.98. The number of hydrogen-bond donors (Lipinski definition) is 1. The molecule has 0 radical (unpaired) electrons. The van der Waals surface area contributed by atoms with Gasteiger partial charge in [0.2, 0.25) is 0 Å². The molecule has 1 N–H and O–H groups in total. The normalized spacial score (nSPS) is 16.6. The van der Waals surface area contributed by atoms with Crippen molar-refractivity contribution in [3.8, 4) is 0 Å². The number of ether oxygens (including phenoxy) is 1. The average molecular weight is 358 g/mol. The number of hydrogen-bond acceptors (Lipinski definition) is 3. The molecule has 25 heavy (non-hydrogen) atoms. The van der Waals surface area contributed by atoms with Crippen molar-refractivity contribution in [2.24, 2.45) is 0 Å². The minimum absolute atomic E-state index is 0.0503. The molecular weight excluding hydrogens is 333 g/mol. The maximum Gasteiger partial charge on any atom is 0.416 e. The lowest BCUT2D eigenvalue weighted by Gasteiger charge is -2.36. The molecule has 4 nitrogen and oxygen atoms in total. The Kier molecular flexibility index (Phi) is 5.98. The van der Waals surface area contributed by atoms with Crippen LogP contribution in [0.5, 0.6) is 0 Å². The zero-order valence-electron chi connectivity index (χ0n) is 14.8. The van der Waals surface area contributed by atoms with Crippen LogP contribution in [0.25, 0.3) is 0 Å². The highest BCUT2D eigenvalue weighted by Gasteiger charge is 2.32. The molecule has 0 spiro atoms. The molecule has 1 amide bonds. The number of piperidine rings is 1. The van der Waals surface area contributed by atoms with E-state index in [9.17, 15) is 18.0 Å². The summed E-state index contributed by atoms with van der Waals surface area (Å²) < 4.78 is 44.2. The highest BCUT2D eigenvalue weighted by Crippen LogP contribution is 2.30. The summed E-state index contributed by atoms with van der Waals surface area (Å²) in [6.45, 7) is 6.96. The number of alkyl halides is 3. The zero-order valence-corrected chi connectivity index (χ0v) is 14.8. The van der Waals surface area contributed by atoms with Gasteiger partial charge in [0.05, 0.1) is 5.56 Å². The highest BCUT2D eigenvalue weighted by molar-refractivity contribution is 5.68. The van der Waals surface area contributed by atoms with E-state index in [2.05, 4.69) is 5.32 Å². The first-order valence-electron chi connectivity index (χ1n) is 8.43. The highest BCUT2D eigenvalue weighted by atomic mass is 19.4. The molecule has 1 fully saturated rings. The van der Waals surface area contributed by atoms with E-state index in [-0.39, 0.29) is 12.6 Å². The van der Waals surface area contributed by atoms with E-state index in [1.165, 1.54) is 6.07 Å². The number of halogens is 3. The Hall–Kier alpha value is -1.76. The number of rotatable bonds is 3. The van der Waals surface area contributed by atoms with E-state index in [1.54, 1.807) is 31.7 Å².